The molecular weight excluding hydrogens is 232 g/mol. The molecule has 0 bridgehead atoms. The minimum atomic E-state index is -1.45. The first-order valence-corrected chi connectivity index (χ1v) is 4.63. The molecule has 1 heterocycles. The molecule has 1 fully saturated rings. The van der Waals surface area contributed by atoms with Crippen molar-refractivity contribution in [3.8, 4) is 0 Å². The van der Waals surface area contributed by atoms with Crippen LogP contribution in [0.4, 0.5) is 0 Å². The molecule has 5 nitrogen and oxygen atoms in total. The van der Waals surface area contributed by atoms with Gasteiger partial charge in [0.15, 0.2) is 6.29 Å². The van der Waals surface area contributed by atoms with E-state index in [0.717, 1.165) is 0 Å². The standard InChI is InChI=1S/C6H11BrO5/c7-1-2-3(8)4(9)5(10)6(11)12-2/h2-6,8-11H,1H2/t2?,3-,4-,5?,6?/m0/s1. The molecule has 0 spiro atoms. The van der Waals surface area contributed by atoms with Crippen LogP contribution in [0.2, 0.25) is 0 Å². The van der Waals surface area contributed by atoms with Gasteiger partial charge in [-0.25, -0.2) is 0 Å². The molecule has 1 rings (SSSR count). The summed E-state index contributed by atoms with van der Waals surface area (Å²) in [5.41, 5.74) is 0. The van der Waals surface area contributed by atoms with E-state index in [0.29, 0.717) is 0 Å². The van der Waals surface area contributed by atoms with Gasteiger partial charge in [0.05, 0.1) is 6.10 Å². The molecule has 1 aliphatic rings. The third kappa shape index (κ3) is 1.78. The maximum absolute atomic E-state index is 9.25. The van der Waals surface area contributed by atoms with Gasteiger partial charge in [0, 0.05) is 5.33 Å². The number of rotatable bonds is 1. The lowest BCUT2D eigenvalue weighted by molar-refractivity contribution is -0.276. The molecule has 1 aliphatic heterocycles. The molecule has 72 valence electrons. The van der Waals surface area contributed by atoms with Gasteiger partial charge in [-0.1, -0.05) is 15.9 Å². The van der Waals surface area contributed by atoms with Crippen LogP contribution in [0.5, 0.6) is 0 Å². The molecule has 5 atom stereocenters. The normalized spacial score (nSPS) is 49.2. The Morgan fingerprint density at radius 1 is 1.00 bits per heavy atom. The average Bonchev–Trinajstić information content (AvgIpc) is 2.08. The minimum absolute atomic E-state index is 0.287. The SMILES string of the molecule is OC1OC(CBr)[C@H](O)[C@H](O)C1O. The molecule has 0 aliphatic carbocycles. The Bertz CT molecular complexity index is 150. The number of ether oxygens (including phenoxy) is 1. The Balaban J connectivity index is 2.63. The summed E-state index contributed by atoms with van der Waals surface area (Å²) in [4.78, 5) is 0. The zero-order valence-corrected chi connectivity index (χ0v) is 7.75. The number of aliphatic hydroxyl groups is 4. The summed E-state index contributed by atoms with van der Waals surface area (Å²) in [6, 6.07) is 0. The summed E-state index contributed by atoms with van der Waals surface area (Å²) in [6.07, 6.45) is -6.13. The van der Waals surface area contributed by atoms with Crippen LogP contribution in [0.25, 0.3) is 0 Å². The van der Waals surface area contributed by atoms with Gasteiger partial charge in [0.2, 0.25) is 0 Å². The Morgan fingerprint density at radius 3 is 2.08 bits per heavy atom. The number of alkyl halides is 1. The van der Waals surface area contributed by atoms with E-state index in [1.54, 1.807) is 0 Å². The van der Waals surface area contributed by atoms with E-state index in [4.69, 9.17) is 20.1 Å². The van der Waals surface area contributed by atoms with Gasteiger partial charge < -0.3 is 25.2 Å². The van der Waals surface area contributed by atoms with Crippen LogP contribution in [0.3, 0.4) is 0 Å². The predicted octanol–water partition coefficient (Wildman–Crippen LogP) is -1.82. The third-order valence-corrected chi connectivity index (χ3v) is 2.48. The molecule has 12 heavy (non-hydrogen) atoms. The van der Waals surface area contributed by atoms with Gasteiger partial charge in [0.25, 0.3) is 0 Å². The van der Waals surface area contributed by atoms with Gasteiger partial charge in [0.1, 0.15) is 18.3 Å². The maximum atomic E-state index is 9.25. The highest BCUT2D eigenvalue weighted by atomic mass is 79.9. The molecule has 0 saturated carbocycles. The summed E-state index contributed by atoms with van der Waals surface area (Å²) < 4.78 is 4.78. The third-order valence-electron chi connectivity index (χ3n) is 1.84. The minimum Gasteiger partial charge on any atom is -0.388 e. The molecule has 0 aromatic rings. The molecule has 0 amide bonds. The van der Waals surface area contributed by atoms with Crippen molar-refractivity contribution in [1.82, 2.24) is 0 Å². The van der Waals surface area contributed by atoms with Gasteiger partial charge in [-0.2, -0.15) is 0 Å². The fourth-order valence-corrected chi connectivity index (χ4v) is 1.59. The first kappa shape index (κ1) is 10.4. The van der Waals surface area contributed by atoms with Gasteiger partial charge in [-0.05, 0) is 0 Å². The summed E-state index contributed by atoms with van der Waals surface area (Å²) in [6.45, 7) is 0. The van der Waals surface area contributed by atoms with Crippen LogP contribution < -0.4 is 0 Å². The smallest absolute Gasteiger partial charge is 0.183 e. The van der Waals surface area contributed by atoms with Gasteiger partial charge in [-0.15, -0.1) is 0 Å². The van der Waals surface area contributed by atoms with Crippen LogP contribution in [0.1, 0.15) is 0 Å². The van der Waals surface area contributed by atoms with E-state index < -0.39 is 30.7 Å². The lowest BCUT2D eigenvalue weighted by Crippen LogP contribution is -2.57. The van der Waals surface area contributed by atoms with E-state index in [9.17, 15) is 5.11 Å². The first-order chi connectivity index (χ1) is 5.57. The monoisotopic (exact) mass is 242 g/mol. The number of hydrogen-bond acceptors (Lipinski definition) is 5. The molecule has 0 aromatic carbocycles. The number of halogens is 1. The second kappa shape index (κ2) is 3.99. The van der Waals surface area contributed by atoms with Crippen molar-refractivity contribution in [1.29, 1.82) is 0 Å². The predicted molar refractivity (Wildman–Crippen MR) is 42.7 cm³/mol. The summed E-state index contributed by atoms with van der Waals surface area (Å²) >= 11 is 3.04. The van der Waals surface area contributed by atoms with Crippen molar-refractivity contribution >= 4 is 15.9 Å². The van der Waals surface area contributed by atoms with Gasteiger partial charge >= 0.3 is 0 Å². The van der Waals surface area contributed by atoms with E-state index in [1.165, 1.54) is 0 Å². The highest BCUT2D eigenvalue weighted by molar-refractivity contribution is 9.09. The quantitative estimate of drug-likeness (QED) is 0.407. The molecule has 6 heteroatoms. The maximum Gasteiger partial charge on any atom is 0.183 e. The molecule has 0 radical (unpaired) electrons. The van der Waals surface area contributed by atoms with Crippen LogP contribution in [0.15, 0.2) is 0 Å². The van der Waals surface area contributed by atoms with E-state index in [-0.39, 0.29) is 5.33 Å². The number of aliphatic hydroxyl groups excluding tert-OH is 4. The Labute approximate surface area is 77.7 Å². The van der Waals surface area contributed by atoms with Crippen LogP contribution in [-0.4, -0.2) is 56.5 Å². The first-order valence-electron chi connectivity index (χ1n) is 3.51. The molecule has 4 N–H and O–H groups in total. The molecule has 1 saturated heterocycles. The molecule has 3 unspecified atom stereocenters. The van der Waals surface area contributed by atoms with Crippen molar-refractivity contribution in [3.05, 3.63) is 0 Å². The highest BCUT2D eigenvalue weighted by Crippen LogP contribution is 2.20. The number of hydrogen-bond donors (Lipinski definition) is 4. The fraction of sp³-hybridized carbons (Fsp3) is 1.00. The lowest BCUT2D eigenvalue weighted by atomic mass is 10.0. The second-order valence-electron chi connectivity index (χ2n) is 2.69. The average molecular weight is 243 g/mol. The molecular formula is C6H11BrO5. The van der Waals surface area contributed by atoms with Crippen LogP contribution >= 0.6 is 15.9 Å². The summed E-state index contributed by atoms with van der Waals surface area (Å²) in [7, 11) is 0. The topological polar surface area (TPSA) is 90.2 Å². The van der Waals surface area contributed by atoms with E-state index in [1.807, 2.05) is 0 Å². The van der Waals surface area contributed by atoms with Crippen LogP contribution in [0, 0.1) is 0 Å². The Morgan fingerprint density at radius 2 is 1.58 bits per heavy atom. The summed E-state index contributed by atoms with van der Waals surface area (Å²) in [5, 5.41) is 36.7. The lowest BCUT2D eigenvalue weighted by Gasteiger charge is -2.37. The molecule has 0 aromatic heterocycles. The van der Waals surface area contributed by atoms with E-state index in [2.05, 4.69) is 15.9 Å². The van der Waals surface area contributed by atoms with Crippen molar-refractivity contribution < 1.29 is 25.2 Å². The fourth-order valence-electron chi connectivity index (χ4n) is 1.06. The second-order valence-corrected chi connectivity index (χ2v) is 3.34. The zero-order chi connectivity index (χ0) is 9.30. The zero-order valence-electron chi connectivity index (χ0n) is 6.17. The largest absolute Gasteiger partial charge is 0.388 e. The Hall–Kier alpha value is 0.280. The Kier molecular flexibility index (Phi) is 3.45. The van der Waals surface area contributed by atoms with Crippen molar-refractivity contribution in [2.24, 2.45) is 0 Å². The van der Waals surface area contributed by atoms with Crippen LogP contribution in [-0.2, 0) is 4.74 Å². The summed E-state index contributed by atoms with van der Waals surface area (Å²) in [5.74, 6) is 0. The van der Waals surface area contributed by atoms with Crippen molar-refractivity contribution in [3.63, 3.8) is 0 Å². The van der Waals surface area contributed by atoms with E-state index >= 15 is 0 Å². The van der Waals surface area contributed by atoms with Crippen molar-refractivity contribution in [2.45, 2.75) is 30.7 Å². The van der Waals surface area contributed by atoms with Gasteiger partial charge in [-0.3, -0.25) is 0 Å². The highest BCUT2D eigenvalue weighted by Gasteiger charge is 2.42. The van der Waals surface area contributed by atoms with Crippen molar-refractivity contribution in [2.75, 3.05) is 5.33 Å².